The Hall–Kier alpha value is -2.44. The fraction of sp³-hybridized carbons (Fsp3) is 0.200. The SMILES string of the molecule is COc1cccc(Cn2cc(C(=O)O)nn2)n1. The molecule has 7 nitrogen and oxygen atoms in total. The van der Waals surface area contributed by atoms with Gasteiger partial charge in [-0.3, -0.25) is 0 Å². The Balaban J connectivity index is 2.16. The van der Waals surface area contributed by atoms with Crippen LogP contribution in [0.5, 0.6) is 5.88 Å². The van der Waals surface area contributed by atoms with E-state index in [2.05, 4.69) is 15.3 Å². The van der Waals surface area contributed by atoms with Gasteiger partial charge in [-0.1, -0.05) is 11.3 Å². The summed E-state index contributed by atoms with van der Waals surface area (Å²) in [7, 11) is 1.53. The van der Waals surface area contributed by atoms with Crippen molar-refractivity contribution in [3.63, 3.8) is 0 Å². The largest absolute Gasteiger partial charge is 0.481 e. The van der Waals surface area contributed by atoms with Crippen molar-refractivity contribution in [2.75, 3.05) is 7.11 Å². The van der Waals surface area contributed by atoms with Gasteiger partial charge >= 0.3 is 5.97 Å². The maximum Gasteiger partial charge on any atom is 0.358 e. The predicted molar refractivity (Wildman–Crippen MR) is 56.9 cm³/mol. The molecule has 0 saturated heterocycles. The number of hydrogen-bond donors (Lipinski definition) is 1. The molecule has 2 aromatic rings. The van der Waals surface area contributed by atoms with Crippen molar-refractivity contribution in [2.24, 2.45) is 0 Å². The van der Waals surface area contributed by atoms with Crippen LogP contribution in [0.2, 0.25) is 0 Å². The number of ether oxygens (including phenoxy) is 1. The maximum atomic E-state index is 10.6. The molecule has 0 spiro atoms. The first-order valence-electron chi connectivity index (χ1n) is 4.82. The Morgan fingerprint density at radius 3 is 3.00 bits per heavy atom. The second kappa shape index (κ2) is 4.60. The molecule has 0 amide bonds. The standard InChI is InChI=1S/C10H10N4O3/c1-17-9-4-2-3-7(11-9)5-14-6-8(10(15)16)12-13-14/h2-4,6H,5H2,1H3,(H,15,16). The van der Waals surface area contributed by atoms with Gasteiger partial charge in [0.1, 0.15) is 0 Å². The molecule has 2 aromatic heterocycles. The summed E-state index contributed by atoms with van der Waals surface area (Å²) in [5.74, 6) is -0.601. The van der Waals surface area contributed by atoms with Gasteiger partial charge in [-0.25, -0.2) is 14.5 Å². The summed E-state index contributed by atoms with van der Waals surface area (Å²) in [6.45, 7) is 0.345. The molecule has 0 radical (unpaired) electrons. The van der Waals surface area contributed by atoms with Gasteiger partial charge < -0.3 is 9.84 Å². The lowest BCUT2D eigenvalue weighted by atomic mass is 10.3. The topological polar surface area (TPSA) is 90.1 Å². The van der Waals surface area contributed by atoms with Gasteiger partial charge in [0.25, 0.3) is 0 Å². The van der Waals surface area contributed by atoms with Gasteiger partial charge in [0.05, 0.1) is 25.5 Å². The summed E-state index contributed by atoms with van der Waals surface area (Å²) >= 11 is 0. The van der Waals surface area contributed by atoms with E-state index in [1.54, 1.807) is 18.2 Å². The zero-order valence-corrected chi connectivity index (χ0v) is 9.07. The van der Waals surface area contributed by atoms with Gasteiger partial charge in [-0.05, 0) is 6.07 Å². The van der Waals surface area contributed by atoms with Crippen LogP contribution in [0, 0.1) is 0 Å². The van der Waals surface area contributed by atoms with Crippen molar-refractivity contribution in [2.45, 2.75) is 6.54 Å². The van der Waals surface area contributed by atoms with Crippen molar-refractivity contribution >= 4 is 5.97 Å². The van der Waals surface area contributed by atoms with E-state index >= 15 is 0 Å². The number of nitrogens with zero attached hydrogens (tertiary/aromatic N) is 4. The molecule has 2 heterocycles. The highest BCUT2D eigenvalue weighted by Gasteiger charge is 2.08. The van der Waals surface area contributed by atoms with E-state index in [1.807, 2.05) is 0 Å². The fourth-order valence-corrected chi connectivity index (χ4v) is 1.30. The third-order valence-electron chi connectivity index (χ3n) is 2.07. The van der Waals surface area contributed by atoms with Crippen LogP contribution >= 0.6 is 0 Å². The lowest BCUT2D eigenvalue weighted by molar-refractivity contribution is 0.0690. The van der Waals surface area contributed by atoms with Crippen LogP contribution in [0.25, 0.3) is 0 Å². The number of pyridine rings is 1. The van der Waals surface area contributed by atoms with Gasteiger partial charge in [0.15, 0.2) is 5.69 Å². The second-order valence-corrected chi connectivity index (χ2v) is 3.28. The first-order valence-corrected chi connectivity index (χ1v) is 4.82. The van der Waals surface area contributed by atoms with Crippen LogP contribution < -0.4 is 4.74 Å². The minimum absolute atomic E-state index is 0.0899. The summed E-state index contributed by atoms with van der Waals surface area (Å²) in [6.07, 6.45) is 1.35. The first-order chi connectivity index (χ1) is 8.19. The van der Waals surface area contributed by atoms with Gasteiger partial charge in [0, 0.05) is 6.07 Å². The Bertz CT molecular complexity index is 538. The van der Waals surface area contributed by atoms with E-state index < -0.39 is 5.97 Å². The van der Waals surface area contributed by atoms with E-state index in [-0.39, 0.29) is 5.69 Å². The molecule has 0 aliphatic carbocycles. The summed E-state index contributed by atoms with van der Waals surface area (Å²) in [6, 6.07) is 5.33. The monoisotopic (exact) mass is 234 g/mol. The molecule has 0 aliphatic rings. The zero-order valence-electron chi connectivity index (χ0n) is 9.07. The average molecular weight is 234 g/mol. The molecule has 1 N–H and O–H groups in total. The average Bonchev–Trinajstić information content (AvgIpc) is 2.78. The van der Waals surface area contributed by atoms with Crippen LogP contribution in [0.3, 0.4) is 0 Å². The highest BCUT2D eigenvalue weighted by atomic mass is 16.5. The highest BCUT2D eigenvalue weighted by Crippen LogP contribution is 2.07. The smallest absolute Gasteiger partial charge is 0.358 e. The molecule has 17 heavy (non-hydrogen) atoms. The number of carbonyl (C=O) groups is 1. The summed E-state index contributed by atoms with van der Waals surface area (Å²) in [4.78, 5) is 14.8. The number of rotatable bonds is 4. The lowest BCUT2D eigenvalue weighted by Gasteiger charge is -2.02. The van der Waals surface area contributed by atoms with Crippen LogP contribution in [0.4, 0.5) is 0 Å². The van der Waals surface area contributed by atoms with Crippen LogP contribution in [-0.4, -0.2) is 38.2 Å². The third kappa shape index (κ3) is 2.57. The van der Waals surface area contributed by atoms with Crippen molar-refractivity contribution < 1.29 is 14.6 Å². The molecule has 0 atom stereocenters. The molecule has 0 aliphatic heterocycles. The van der Waals surface area contributed by atoms with Crippen molar-refractivity contribution in [1.29, 1.82) is 0 Å². The number of carboxylic acid groups (broad SMARTS) is 1. The summed E-state index contributed by atoms with van der Waals surface area (Å²) < 4.78 is 6.39. The maximum absolute atomic E-state index is 10.6. The van der Waals surface area contributed by atoms with Crippen molar-refractivity contribution in [3.05, 3.63) is 35.8 Å². The Kier molecular flexibility index (Phi) is 2.99. The quantitative estimate of drug-likeness (QED) is 0.824. The zero-order chi connectivity index (χ0) is 12.3. The highest BCUT2D eigenvalue weighted by molar-refractivity contribution is 5.84. The molecule has 88 valence electrons. The van der Waals surface area contributed by atoms with E-state index in [4.69, 9.17) is 9.84 Å². The van der Waals surface area contributed by atoms with Gasteiger partial charge in [-0.2, -0.15) is 0 Å². The number of aromatic carboxylic acids is 1. The van der Waals surface area contributed by atoms with Gasteiger partial charge in [-0.15, -0.1) is 5.10 Å². The Morgan fingerprint density at radius 1 is 1.53 bits per heavy atom. The Morgan fingerprint density at radius 2 is 2.35 bits per heavy atom. The molecule has 0 aromatic carbocycles. The fourth-order valence-electron chi connectivity index (χ4n) is 1.30. The predicted octanol–water partition coefficient (Wildman–Crippen LogP) is 0.428. The van der Waals surface area contributed by atoms with E-state index in [9.17, 15) is 4.79 Å². The minimum Gasteiger partial charge on any atom is -0.481 e. The number of aromatic nitrogens is 4. The number of hydrogen-bond acceptors (Lipinski definition) is 5. The molecular formula is C10H10N4O3. The van der Waals surface area contributed by atoms with Crippen molar-refractivity contribution in [1.82, 2.24) is 20.0 Å². The second-order valence-electron chi connectivity index (χ2n) is 3.28. The van der Waals surface area contributed by atoms with Crippen molar-refractivity contribution in [3.8, 4) is 5.88 Å². The van der Waals surface area contributed by atoms with Crippen LogP contribution in [0.15, 0.2) is 24.4 Å². The molecule has 0 fully saturated rings. The molecule has 7 heteroatoms. The van der Waals surface area contributed by atoms with E-state index in [1.165, 1.54) is 18.0 Å². The number of carboxylic acids is 1. The molecule has 0 bridgehead atoms. The minimum atomic E-state index is -1.10. The van der Waals surface area contributed by atoms with E-state index in [0.717, 1.165) is 0 Å². The normalized spacial score (nSPS) is 10.2. The molecule has 0 saturated carbocycles. The van der Waals surface area contributed by atoms with Gasteiger partial charge in [0.2, 0.25) is 5.88 Å². The first kappa shape index (κ1) is 11.1. The van der Waals surface area contributed by atoms with Crippen LogP contribution in [-0.2, 0) is 6.54 Å². The molecule has 2 rings (SSSR count). The number of methoxy groups -OCH3 is 1. The summed E-state index contributed by atoms with van der Waals surface area (Å²) in [5, 5.41) is 15.9. The summed E-state index contributed by atoms with van der Waals surface area (Å²) in [5.41, 5.74) is 0.624. The Labute approximate surface area is 96.7 Å². The lowest BCUT2D eigenvalue weighted by Crippen LogP contribution is -2.03. The third-order valence-corrected chi connectivity index (χ3v) is 2.07. The molecular weight excluding hydrogens is 224 g/mol. The molecule has 0 unspecified atom stereocenters. The van der Waals surface area contributed by atoms with E-state index in [0.29, 0.717) is 18.1 Å². The van der Waals surface area contributed by atoms with Crippen LogP contribution in [0.1, 0.15) is 16.2 Å².